The van der Waals surface area contributed by atoms with E-state index in [9.17, 15) is 4.79 Å². The fourth-order valence-corrected chi connectivity index (χ4v) is 3.68. The summed E-state index contributed by atoms with van der Waals surface area (Å²) in [5.41, 5.74) is 5.90. The molecule has 2 fully saturated rings. The van der Waals surface area contributed by atoms with Crippen molar-refractivity contribution in [3.63, 3.8) is 0 Å². The highest BCUT2D eigenvalue weighted by atomic mass is 16.2. The lowest BCUT2D eigenvalue weighted by molar-refractivity contribution is -0.123. The van der Waals surface area contributed by atoms with Crippen LogP contribution in [0.2, 0.25) is 0 Å². The molecule has 3 N–H and O–H groups in total. The molecular weight excluding hydrogens is 238 g/mol. The molecule has 2 unspecified atom stereocenters. The summed E-state index contributed by atoms with van der Waals surface area (Å²) in [6.45, 7) is 5.01. The molecule has 0 radical (unpaired) electrons. The molecule has 2 rings (SSSR count). The average molecular weight is 267 g/mol. The molecule has 0 aromatic heterocycles. The summed E-state index contributed by atoms with van der Waals surface area (Å²) in [5.74, 6) is 1.14. The Balaban J connectivity index is 1.73. The standard InChI is InChI=1S/C15H29N3O/c1-10(2)6-14(16)15(19)17-9-11-7-12-4-5-13(8-11)18(12)3/h10-14H,4-9,16H2,1-3H3,(H,17,19)/t11?,12?,13?,14-/m0/s1. The number of rotatable bonds is 5. The Labute approximate surface area is 117 Å². The first-order valence-corrected chi connectivity index (χ1v) is 7.72. The zero-order chi connectivity index (χ0) is 14.0. The number of piperidine rings is 1. The quantitative estimate of drug-likeness (QED) is 0.790. The highest BCUT2D eigenvalue weighted by Crippen LogP contribution is 2.36. The van der Waals surface area contributed by atoms with E-state index in [1.807, 2.05) is 0 Å². The smallest absolute Gasteiger partial charge is 0.236 e. The zero-order valence-electron chi connectivity index (χ0n) is 12.6. The van der Waals surface area contributed by atoms with Gasteiger partial charge in [-0.05, 0) is 51.0 Å². The summed E-state index contributed by atoms with van der Waals surface area (Å²) in [5, 5.41) is 3.06. The van der Waals surface area contributed by atoms with E-state index in [0.717, 1.165) is 25.0 Å². The van der Waals surface area contributed by atoms with E-state index >= 15 is 0 Å². The SMILES string of the molecule is CC(C)C[C@H](N)C(=O)NCC1CC2CCC(C1)N2C. The van der Waals surface area contributed by atoms with Crippen LogP contribution in [-0.2, 0) is 4.79 Å². The number of nitrogens with zero attached hydrogens (tertiary/aromatic N) is 1. The van der Waals surface area contributed by atoms with E-state index in [1.54, 1.807) is 0 Å². The van der Waals surface area contributed by atoms with Crippen molar-refractivity contribution in [3.8, 4) is 0 Å². The molecule has 0 spiro atoms. The first-order chi connectivity index (χ1) is 8.97. The number of carbonyl (C=O) groups excluding carboxylic acids is 1. The van der Waals surface area contributed by atoms with Gasteiger partial charge in [-0.15, -0.1) is 0 Å². The van der Waals surface area contributed by atoms with Crippen LogP contribution in [0.4, 0.5) is 0 Å². The Hall–Kier alpha value is -0.610. The van der Waals surface area contributed by atoms with Gasteiger partial charge in [-0.3, -0.25) is 4.79 Å². The number of hydrogen-bond donors (Lipinski definition) is 2. The summed E-state index contributed by atoms with van der Waals surface area (Å²) in [7, 11) is 2.25. The van der Waals surface area contributed by atoms with Crippen LogP contribution in [0.15, 0.2) is 0 Å². The van der Waals surface area contributed by atoms with E-state index in [4.69, 9.17) is 5.73 Å². The maximum atomic E-state index is 11.9. The molecule has 3 atom stereocenters. The van der Waals surface area contributed by atoms with Gasteiger partial charge in [0.1, 0.15) is 0 Å². The Bertz CT molecular complexity index is 305. The summed E-state index contributed by atoms with van der Waals surface area (Å²) in [6.07, 6.45) is 5.89. The first kappa shape index (κ1) is 14.8. The van der Waals surface area contributed by atoms with Gasteiger partial charge in [-0.2, -0.15) is 0 Å². The van der Waals surface area contributed by atoms with E-state index in [2.05, 4.69) is 31.1 Å². The maximum absolute atomic E-state index is 11.9. The number of nitrogens with one attached hydrogen (secondary N) is 1. The van der Waals surface area contributed by atoms with Crippen LogP contribution in [0, 0.1) is 11.8 Å². The first-order valence-electron chi connectivity index (χ1n) is 7.72. The highest BCUT2D eigenvalue weighted by Gasteiger charge is 2.38. The molecule has 0 aromatic carbocycles. The molecule has 0 saturated carbocycles. The molecule has 2 aliphatic heterocycles. The zero-order valence-corrected chi connectivity index (χ0v) is 12.6. The van der Waals surface area contributed by atoms with Gasteiger partial charge in [0.2, 0.25) is 5.91 Å². The molecule has 2 bridgehead atoms. The minimum atomic E-state index is -0.344. The van der Waals surface area contributed by atoms with Crippen LogP contribution in [0.25, 0.3) is 0 Å². The van der Waals surface area contributed by atoms with E-state index in [-0.39, 0.29) is 11.9 Å². The third-order valence-corrected chi connectivity index (χ3v) is 4.82. The van der Waals surface area contributed by atoms with Crippen molar-refractivity contribution in [1.82, 2.24) is 10.2 Å². The van der Waals surface area contributed by atoms with E-state index < -0.39 is 0 Å². The fraction of sp³-hybridized carbons (Fsp3) is 0.933. The van der Waals surface area contributed by atoms with Crippen LogP contribution >= 0.6 is 0 Å². The number of nitrogens with two attached hydrogens (primary N) is 1. The topological polar surface area (TPSA) is 58.4 Å². The number of amides is 1. The molecule has 0 aliphatic carbocycles. The Morgan fingerprint density at radius 1 is 1.32 bits per heavy atom. The number of fused-ring (bicyclic) bond motifs is 2. The highest BCUT2D eigenvalue weighted by molar-refractivity contribution is 5.81. The van der Waals surface area contributed by atoms with Crippen molar-refractivity contribution in [3.05, 3.63) is 0 Å². The monoisotopic (exact) mass is 267 g/mol. The van der Waals surface area contributed by atoms with Gasteiger partial charge in [0, 0.05) is 18.6 Å². The van der Waals surface area contributed by atoms with Gasteiger partial charge in [-0.1, -0.05) is 13.8 Å². The predicted molar refractivity (Wildman–Crippen MR) is 77.7 cm³/mol. The van der Waals surface area contributed by atoms with Gasteiger partial charge in [0.05, 0.1) is 6.04 Å². The minimum absolute atomic E-state index is 0.0278. The molecule has 0 aromatic rings. The van der Waals surface area contributed by atoms with Gasteiger partial charge in [0.15, 0.2) is 0 Å². The molecule has 19 heavy (non-hydrogen) atoms. The van der Waals surface area contributed by atoms with Crippen LogP contribution in [0.3, 0.4) is 0 Å². The van der Waals surface area contributed by atoms with Gasteiger partial charge >= 0.3 is 0 Å². The largest absolute Gasteiger partial charge is 0.354 e. The Morgan fingerprint density at radius 2 is 1.89 bits per heavy atom. The van der Waals surface area contributed by atoms with Crippen LogP contribution in [0.1, 0.15) is 46.0 Å². The summed E-state index contributed by atoms with van der Waals surface area (Å²) < 4.78 is 0. The molecule has 110 valence electrons. The lowest BCUT2D eigenvalue weighted by atomic mass is 9.91. The fourth-order valence-electron chi connectivity index (χ4n) is 3.68. The van der Waals surface area contributed by atoms with Crippen molar-refractivity contribution in [2.75, 3.05) is 13.6 Å². The lowest BCUT2D eigenvalue weighted by Gasteiger charge is -2.36. The van der Waals surface area contributed by atoms with Crippen molar-refractivity contribution < 1.29 is 4.79 Å². The van der Waals surface area contributed by atoms with Crippen molar-refractivity contribution >= 4 is 5.91 Å². The molecule has 4 nitrogen and oxygen atoms in total. The number of carbonyl (C=O) groups is 1. The van der Waals surface area contributed by atoms with Crippen molar-refractivity contribution in [2.45, 2.75) is 64.1 Å². The Kier molecular flexibility index (Phi) is 4.85. The Morgan fingerprint density at radius 3 is 2.42 bits per heavy atom. The van der Waals surface area contributed by atoms with Crippen molar-refractivity contribution in [1.29, 1.82) is 0 Å². The van der Waals surface area contributed by atoms with Gasteiger partial charge in [0.25, 0.3) is 0 Å². The second kappa shape index (κ2) is 6.23. The second-order valence-electron chi connectivity index (χ2n) is 6.87. The van der Waals surface area contributed by atoms with Crippen LogP contribution in [0.5, 0.6) is 0 Å². The average Bonchev–Trinajstić information content (AvgIpc) is 2.58. The van der Waals surface area contributed by atoms with E-state index in [1.165, 1.54) is 25.7 Å². The third-order valence-electron chi connectivity index (χ3n) is 4.82. The molecule has 2 saturated heterocycles. The second-order valence-corrected chi connectivity index (χ2v) is 6.87. The predicted octanol–water partition coefficient (Wildman–Crippen LogP) is 1.35. The van der Waals surface area contributed by atoms with E-state index in [0.29, 0.717) is 11.8 Å². The molecule has 4 heteroatoms. The minimum Gasteiger partial charge on any atom is -0.354 e. The van der Waals surface area contributed by atoms with Crippen molar-refractivity contribution in [2.24, 2.45) is 17.6 Å². The number of hydrogen-bond acceptors (Lipinski definition) is 3. The molecular formula is C15H29N3O. The molecule has 2 aliphatic rings. The normalized spacial score (nSPS) is 32.6. The summed E-state index contributed by atoms with van der Waals surface area (Å²) in [4.78, 5) is 14.4. The van der Waals surface area contributed by atoms with Crippen LogP contribution < -0.4 is 11.1 Å². The van der Waals surface area contributed by atoms with Gasteiger partial charge < -0.3 is 16.0 Å². The molecule has 2 heterocycles. The van der Waals surface area contributed by atoms with Gasteiger partial charge in [-0.25, -0.2) is 0 Å². The molecule has 1 amide bonds. The lowest BCUT2D eigenvalue weighted by Crippen LogP contribution is -2.46. The summed E-state index contributed by atoms with van der Waals surface area (Å²) >= 11 is 0. The third kappa shape index (κ3) is 3.69. The maximum Gasteiger partial charge on any atom is 0.236 e. The van der Waals surface area contributed by atoms with Crippen LogP contribution in [-0.4, -0.2) is 42.5 Å². The summed E-state index contributed by atoms with van der Waals surface area (Å²) in [6, 6.07) is 1.14.